The molecule has 0 aliphatic heterocycles. The summed E-state index contributed by atoms with van der Waals surface area (Å²) < 4.78 is 18.1. The first-order valence-corrected chi connectivity index (χ1v) is 8.83. The fourth-order valence-electron chi connectivity index (χ4n) is 2.73. The summed E-state index contributed by atoms with van der Waals surface area (Å²) in [6, 6.07) is 7.11. The molecule has 8 heteroatoms. The molecule has 27 heavy (non-hydrogen) atoms. The number of hydrogen-bond donors (Lipinski definition) is 1. The van der Waals surface area contributed by atoms with Gasteiger partial charge in [0.2, 0.25) is 0 Å². The van der Waals surface area contributed by atoms with Gasteiger partial charge < -0.3 is 23.8 Å². The van der Waals surface area contributed by atoms with Crippen molar-refractivity contribution in [2.45, 2.75) is 33.0 Å². The summed E-state index contributed by atoms with van der Waals surface area (Å²) in [5, 5.41) is 12.3. The second kappa shape index (κ2) is 8.79. The number of methoxy groups -OCH3 is 1. The van der Waals surface area contributed by atoms with E-state index in [1.54, 1.807) is 19.5 Å². The minimum atomic E-state index is -0.357. The molecule has 0 saturated heterocycles. The van der Waals surface area contributed by atoms with Crippen LogP contribution < -0.4 is 15.7 Å². The molecule has 0 bridgehead atoms. The van der Waals surface area contributed by atoms with Crippen molar-refractivity contribution in [1.82, 2.24) is 20.1 Å². The van der Waals surface area contributed by atoms with Crippen LogP contribution in [0.3, 0.4) is 0 Å². The van der Waals surface area contributed by atoms with Crippen LogP contribution >= 0.6 is 0 Å². The van der Waals surface area contributed by atoms with E-state index in [0.29, 0.717) is 37.6 Å². The highest BCUT2D eigenvalue weighted by Gasteiger charge is 2.09. The lowest BCUT2D eigenvalue weighted by Gasteiger charge is -2.15. The Morgan fingerprint density at radius 2 is 2.19 bits per heavy atom. The quantitative estimate of drug-likeness (QED) is 0.574. The van der Waals surface area contributed by atoms with Gasteiger partial charge in [0, 0.05) is 37.2 Å². The predicted molar refractivity (Wildman–Crippen MR) is 101 cm³/mol. The highest BCUT2D eigenvalue weighted by molar-refractivity contribution is 5.81. The number of nitrogens with zero attached hydrogens (tertiary/aromatic N) is 3. The Balaban J connectivity index is 1.55. The maximum Gasteiger partial charge on any atom is 0.336 e. The molecule has 1 N–H and O–H groups in total. The average molecular weight is 372 g/mol. The number of benzene rings is 1. The monoisotopic (exact) mass is 372 g/mol. The zero-order chi connectivity index (χ0) is 19.2. The van der Waals surface area contributed by atoms with Gasteiger partial charge in [0.1, 0.15) is 30.1 Å². The minimum Gasteiger partial charge on any atom is -0.492 e. The number of hydrogen-bond acceptors (Lipinski definition) is 7. The summed E-state index contributed by atoms with van der Waals surface area (Å²) in [5.74, 6) is 1.51. The van der Waals surface area contributed by atoms with Gasteiger partial charge in [-0.3, -0.25) is 0 Å². The van der Waals surface area contributed by atoms with Gasteiger partial charge >= 0.3 is 5.63 Å². The number of aromatic nitrogens is 3. The van der Waals surface area contributed by atoms with E-state index in [0.717, 1.165) is 16.8 Å². The van der Waals surface area contributed by atoms with Gasteiger partial charge in [-0.2, -0.15) is 0 Å². The second-order valence-electron chi connectivity index (χ2n) is 6.43. The first-order chi connectivity index (χ1) is 13.1. The van der Waals surface area contributed by atoms with E-state index in [4.69, 9.17) is 13.9 Å². The van der Waals surface area contributed by atoms with Crippen molar-refractivity contribution in [2.75, 3.05) is 20.3 Å². The van der Waals surface area contributed by atoms with Crippen molar-refractivity contribution in [2.24, 2.45) is 0 Å². The number of ether oxygens (including phenoxy) is 2. The van der Waals surface area contributed by atoms with Gasteiger partial charge in [-0.15, -0.1) is 10.2 Å². The van der Waals surface area contributed by atoms with Crippen LogP contribution in [0.4, 0.5) is 0 Å². The lowest BCUT2D eigenvalue weighted by atomic mass is 10.1. The molecule has 3 aromatic rings. The SMILES string of the molecule is COCCn1cnnc1CNC(C)COc1ccc2c(C)cc(=O)oc2c1. The normalized spacial score (nSPS) is 12.4. The van der Waals surface area contributed by atoms with Crippen molar-refractivity contribution in [1.29, 1.82) is 0 Å². The summed E-state index contributed by atoms with van der Waals surface area (Å²) in [5.41, 5.74) is 1.06. The summed E-state index contributed by atoms with van der Waals surface area (Å²) in [6.07, 6.45) is 1.70. The van der Waals surface area contributed by atoms with E-state index in [9.17, 15) is 4.79 Å². The molecule has 0 saturated carbocycles. The van der Waals surface area contributed by atoms with Crippen molar-refractivity contribution in [3.05, 3.63) is 52.4 Å². The third-order valence-electron chi connectivity index (χ3n) is 4.26. The molecule has 1 unspecified atom stereocenters. The van der Waals surface area contributed by atoms with Crippen LogP contribution in [0.2, 0.25) is 0 Å². The van der Waals surface area contributed by atoms with Crippen LogP contribution in [-0.4, -0.2) is 41.1 Å². The predicted octanol–water partition coefficient (Wildman–Crippen LogP) is 1.90. The molecule has 0 aliphatic rings. The average Bonchev–Trinajstić information content (AvgIpc) is 3.09. The third kappa shape index (κ3) is 4.93. The van der Waals surface area contributed by atoms with Crippen LogP contribution in [0.25, 0.3) is 11.0 Å². The molecule has 0 fully saturated rings. The van der Waals surface area contributed by atoms with Crippen LogP contribution in [0.1, 0.15) is 18.3 Å². The van der Waals surface area contributed by atoms with Gasteiger partial charge in [-0.25, -0.2) is 4.79 Å². The summed E-state index contributed by atoms with van der Waals surface area (Å²) in [6.45, 7) is 6.29. The molecule has 2 aromatic heterocycles. The van der Waals surface area contributed by atoms with E-state index in [1.165, 1.54) is 6.07 Å². The zero-order valence-corrected chi connectivity index (χ0v) is 15.8. The lowest BCUT2D eigenvalue weighted by molar-refractivity contribution is 0.186. The van der Waals surface area contributed by atoms with E-state index < -0.39 is 0 Å². The number of rotatable bonds is 9. The Kier molecular flexibility index (Phi) is 6.20. The molecule has 3 rings (SSSR count). The van der Waals surface area contributed by atoms with Gasteiger partial charge in [-0.1, -0.05) is 0 Å². The molecule has 0 radical (unpaired) electrons. The molecule has 1 aromatic carbocycles. The maximum absolute atomic E-state index is 11.5. The molecule has 1 atom stereocenters. The Labute approximate surface area is 157 Å². The third-order valence-corrected chi connectivity index (χ3v) is 4.26. The first-order valence-electron chi connectivity index (χ1n) is 8.83. The summed E-state index contributed by atoms with van der Waals surface area (Å²) >= 11 is 0. The highest BCUT2D eigenvalue weighted by atomic mass is 16.5. The minimum absolute atomic E-state index is 0.0952. The Morgan fingerprint density at radius 3 is 3.00 bits per heavy atom. The van der Waals surface area contributed by atoms with E-state index in [2.05, 4.69) is 15.5 Å². The standard InChI is InChI=1S/C19H24N4O4/c1-13-8-19(24)27-17-9-15(4-5-16(13)17)26-11-14(2)20-10-18-22-21-12-23(18)6-7-25-3/h4-5,8-9,12,14,20H,6-7,10-11H2,1-3H3. The molecular weight excluding hydrogens is 348 g/mol. The molecule has 2 heterocycles. The van der Waals surface area contributed by atoms with E-state index in [1.807, 2.05) is 30.5 Å². The fourth-order valence-corrected chi connectivity index (χ4v) is 2.73. The van der Waals surface area contributed by atoms with Crippen molar-refractivity contribution < 1.29 is 13.9 Å². The van der Waals surface area contributed by atoms with Crippen LogP contribution in [0.5, 0.6) is 5.75 Å². The Bertz CT molecular complexity index is 950. The molecule has 144 valence electrons. The van der Waals surface area contributed by atoms with Crippen LogP contribution in [0, 0.1) is 6.92 Å². The van der Waals surface area contributed by atoms with Gasteiger partial charge in [0.15, 0.2) is 0 Å². The Hall–Kier alpha value is -2.71. The molecule has 0 amide bonds. The first kappa shape index (κ1) is 19.1. The highest BCUT2D eigenvalue weighted by Crippen LogP contribution is 2.22. The van der Waals surface area contributed by atoms with Crippen molar-refractivity contribution >= 4 is 11.0 Å². The number of fused-ring (bicyclic) bond motifs is 1. The zero-order valence-electron chi connectivity index (χ0n) is 15.8. The van der Waals surface area contributed by atoms with Crippen molar-refractivity contribution in [3.8, 4) is 5.75 Å². The maximum atomic E-state index is 11.5. The lowest BCUT2D eigenvalue weighted by Crippen LogP contribution is -2.32. The summed E-state index contributed by atoms with van der Waals surface area (Å²) in [7, 11) is 1.67. The topological polar surface area (TPSA) is 91.4 Å². The second-order valence-corrected chi connectivity index (χ2v) is 6.43. The molecule has 0 spiro atoms. The summed E-state index contributed by atoms with van der Waals surface area (Å²) in [4.78, 5) is 11.5. The van der Waals surface area contributed by atoms with Gasteiger partial charge in [-0.05, 0) is 31.5 Å². The number of aryl methyl sites for hydroxylation is 1. The fraction of sp³-hybridized carbons (Fsp3) is 0.421. The molecule has 8 nitrogen and oxygen atoms in total. The van der Waals surface area contributed by atoms with Gasteiger partial charge in [0.05, 0.1) is 13.2 Å². The molecule has 0 aliphatic carbocycles. The number of nitrogens with one attached hydrogen (secondary N) is 1. The van der Waals surface area contributed by atoms with E-state index in [-0.39, 0.29) is 11.7 Å². The van der Waals surface area contributed by atoms with E-state index >= 15 is 0 Å². The Morgan fingerprint density at radius 1 is 1.33 bits per heavy atom. The van der Waals surface area contributed by atoms with Crippen molar-refractivity contribution in [3.63, 3.8) is 0 Å². The largest absolute Gasteiger partial charge is 0.492 e. The molecular formula is C19H24N4O4. The van der Waals surface area contributed by atoms with Crippen LogP contribution in [-0.2, 0) is 17.8 Å². The van der Waals surface area contributed by atoms with Gasteiger partial charge in [0.25, 0.3) is 0 Å². The smallest absolute Gasteiger partial charge is 0.336 e. The van der Waals surface area contributed by atoms with Crippen LogP contribution in [0.15, 0.2) is 39.8 Å².